The minimum atomic E-state index is 0.141. The fraction of sp³-hybridized carbons (Fsp3) is 0.632. The summed E-state index contributed by atoms with van der Waals surface area (Å²) in [7, 11) is 0. The second-order valence-electron chi connectivity index (χ2n) is 6.70. The van der Waals surface area contributed by atoms with Gasteiger partial charge in [-0.05, 0) is 62.1 Å². The number of carbonyl (C=O) groups excluding carboxylic acids is 1. The molecule has 0 saturated heterocycles. The molecule has 1 aliphatic carbocycles. The van der Waals surface area contributed by atoms with Crippen molar-refractivity contribution >= 4 is 5.91 Å². The van der Waals surface area contributed by atoms with Crippen molar-refractivity contribution in [1.29, 1.82) is 0 Å². The first kappa shape index (κ1) is 16.9. The van der Waals surface area contributed by atoms with Crippen LogP contribution in [0.3, 0.4) is 0 Å². The van der Waals surface area contributed by atoms with Crippen LogP contribution in [-0.4, -0.2) is 18.6 Å². The van der Waals surface area contributed by atoms with Gasteiger partial charge in [0.2, 0.25) is 5.91 Å². The average molecular weight is 303 g/mol. The molecule has 1 aliphatic rings. The van der Waals surface area contributed by atoms with Gasteiger partial charge >= 0.3 is 0 Å². The van der Waals surface area contributed by atoms with Crippen LogP contribution >= 0.6 is 0 Å². The fourth-order valence-electron chi connectivity index (χ4n) is 2.82. The van der Waals surface area contributed by atoms with E-state index >= 15 is 0 Å². The summed E-state index contributed by atoms with van der Waals surface area (Å²) in [6, 6.07) is 8.20. The molecule has 2 rings (SSSR count). The normalized spacial score (nSPS) is 15.2. The Morgan fingerprint density at radius 3 is 2.82 bits per heavy atom. The second-order valence-corrected chi connectivity index (χ2v) is 6.70. The van der Waals surface area contributed by atoms with Gasteiger partial charge in [-0.25, -0.2) is 0 Å². The lowest BCUT2D eigenvalue weighted by molar-refractivity contribution is -0.121. The topological polar surface area (TPSA) is 38.3 Å². The fourth-order valence-corrected chi connectivity index (χ4v) is 2.82. The molecule has 3 heteroatoms. The summed E-state index contributed by atoms with van der Waals surface area (Å²) >= 11 is 0. The van der Waals surface area contributed by atoms with Crippen LogP contribution < -0.4 is 10.1 Å². The van der Waals surface area contributed by atoms with E-state index in [1.165, 1.54) is 31.2 Å². The van der Waals surface area contributed by atoms with E-state index in [2.05, 4.69) is 31.3 Å². The number of carbonyl (C=O) groups is 1. The molecule has 0 aromatic heterocycles. The molecule has 0 spiro atoms. The lowest BCUT2D eigenvalue weighted by Crippen LogP contribution is -2.25. The van der Waals surface area contributed by atoms with Crippen LogP contribution in [0.4, 0.5) is 0 Å². The Morgan fingerprint density at radius 2 is 2.09 bits per heavy atom. The zero-order chi connectivity index (χ0) is 15.8. The lowest BCUT2D eigenvalue weighted by Gasteiger charge is -2.14. The maximum absolute atomic E-state index is 11.8. The van der Waals surface area contributed by atoms with Crippen LogP contribution in [0.15, 0.2) is 24.3 Å². The van der Waals surface area contributed by atoms with E-state index in [0.29, 0.717) is 18.4 Å². The quantitative estimate of drug-likeness (QED) is 0.785. The standard InChI is InChI=1S/C19H29NO2/c1-15(2)12-13-20-19(21)11-10-16-6-5-9-18(14-16)22-17-7-3-4-8-17/h5-6,9,14-15,17H,3-4,7-8,10-13H2,1-2H3,(H,20,21). The maximum atomic E-state index is 11.8. The number of ether oxygens (including phenoxy) is 1. The van der Waals surface area contributed by atoms with Crippen LogP contribution in [0.2, 0.25) is 0 Å². The van der Waals surface area contributed by atoms with E-state index in [1.54, 1.807) is 0 Å². The second kappa shape index (κ2) is 8.82. The van der Waals surface area contributed by atoms with Gasteiger partial charge in [0.15, 0.2) is 0 Å². The molecule has 0 radical (unpaired) electrons. The van der Waals surface area contributed by atoms with Crippen LogP contribution in [-0.2, 0) is 11.2 Å². The third-order valence-corrected chi connectivity index (χ3v) is 4.19. The highest BCUT2D eigenvalue weighted by atomic mass is 16.5. The van der Waals surface area contributed by atoms with Crippen molar-refractivity contribution in [3.8, 4) is 5.75 Å². The lowest BCUT2D eigenvalue weighted by atomic mass is 10.1. The zero-order valence-corrected chi connectivity index (χ0v) is 13.9. The molecule has 0 aliphatic heterocycles. The van der Waals surface area contributed by atoms with Crippen molar-refractivity contribution in [3.05, 3.63) is 29.8 Å². The molecule has 1 aromatic carbocycles. The largest absolute Gasteiger partial charge is 0.490 e. The monoisotopic (exact) mass is 303 g/mol. The van der Waals surface area contributed by atoms with Crippen molar-refractivity contribution in [1.82, 2.24) is 5.32 Å². The number of aryl methyl sites for hydroxylation is 1. The smallest absolute Gasteiger partial charge is 0.220 e. The molecule has 0 heterocycles. The Hall–Kier alpha value is -1.51. The predicted octanol–water partition coefficient (Wildman–Crippen LogP) is 4.10. The molecule has 3 nitrogen and oxygen atoms in total. The maximum Gasteiger partial charge on any atom is 0.220 e. The van der Waals surface area contributed by atoms with Gasteiger partial charge in [0.05, 0.1) is 6.10 Å². The van der Waals surface area contributed by atoms with Gasteiger partial charge in [0, 0.05) is 13.0 Å². The van der Waals surface area contributed by atoms with E-state index in [-0.39, 0.29) is 5.91 Å². The first-order chi connectivity index (χ1) is 10.6. The van der Waals surface area contributed by atoms with Crippen molar-refractivity contribution in [2.24, 2.45) is 5.92 Å². The van der Waals surface area contributed by atoms with E-state index < -0.39 is 0 Å². The van der Waals surface area contributed by atoms with Gasteiger partial charge in [-0.15, -0.1) is 0 Å². The Labute approximate surface area is 134 Å². The van der Waals surface area contributed by atoms with Crippen LogP contribution in [0.5, 0.6) is 5.75 Å². The molecule has 1 saturated carbocycles. The molecule has 0 unspecified atom stereocenters. The summed E-state index contributed by atoms with van der Waals surface area (Å²) in [5.41, 5.74) is 1.18. The Kier molecular flexibility index (Phi) is 6.75. The van der Waals surface area contributed by atoms with Crippen molar-refractivity contribution in [2.75, 3.05) is 6.54 Å². The first-order valence-electron chi connectivity index (χ1n) is 8.66. The van der Waals surface area contributed by atoms with Gasteiger partial charge in [0.1, 0.15) is 5.75 Å². The molecule has 0 bridgehead atoms. The molecular formula is C19H29NO2. The van der Waals surface area contributed by atoms with Crippen LogP contribution in [0, 0.1) is 5.92 Å². The summed E-state index contributed by atoms with van der Waals surface area (Å²) in [6.45, 7) is 5.12. The molecule has 122 valence electrons. The molecule has 1 N–H and O–H groups in total. The summed E-state index contributed by atoms with van der Waals surface area (Å²) in [5, 5.41) is 2.99. The zero-order valence-electron chi connectivity index (χ0n) is 13.9. The Bertz CT molecular complexity index is 464. The Balaban J connectivity index is 1.74. The minimum absolute atomic E-state index is 0.141. The highest BCUT2D eigenvalue weighted by Gasteiger charge is 2.16. The van der Waals surface area contributed by atoms with Gasteiger partial charge in [-0.1, -0.05) is 26.0 Å². The molecule has 1 fully saturated rings. The van der Waals surface area contributed by atoms with Crippen LogP contribution in [0.25, 0.3) is 0 Å². The summed E-state index contributed by atoms with van der Waals surface area (Å²) < 4.78 is 6.01. The highest BCUT2D eigenvalue weighted by Crippen LogP contribution is 2.24. The van der Waals surface area contributed by atoms with E-state index in [4.69, 9.17) is 4.74 Å². The number of hydrogen-bond donors (Lipinski definition) is 1. The molecule has 0 atom stereocenters. The van der Waals surface area contributed by atoms with Gasteiger partial charge < -0.3 is 10.1 Å². The van der Waals surface area contributed by atoms with Gasteiger partial charge in [-0.3, -0.25) is 4.79 Å². The third-order valence-electron chi connectivity index (χ3n) is 4.19. The number of hydrogen-bond acceptors (Lipinski definition) is 2. The number of nitrogens with one attached hydrogen (secondary N) is 1. The van der Waals surface area contributed by atoms with Crippen molar-refractivity contribution in [2.45, 2.75) is 64.9 Å². The van der Waals surface area contributed by atoms with Gasteiger partial charge in [0.25, 0.3) is 0 Å². The van der Waals surface area contributed by atoms with E-state index in [1.807, 2.05) is 12.1 Å². The number of benzene rings is 1. The van der Waals surface area contributed by atoms with Crippen LogP contribution in [0.1, 0.15) is 57.9 Å². The number of amides is 1. The SMILES string of the molecule is CC(C)CCNC(=O)CCc1cccc(OC2CCCC2)c1. The predicted molar refractivity (Wildman–Crippen MR) is 90.1 cm³/mol. The van der Waals surface area contributed by atoms with E-state index in [0.717, 1.165) is 25.1 Å². The third kappa shape index (κ3) is 6.08. The van der Waals surface area contributed by atoms with E-state index in [9.17, 15) is 4.79 Å². The minimum Gasteiger partial charge on any atom is -0.490 e. The average Bonchev–Trinajstić information content (AvgIpc) is 2.98. The van der Waals surface area contributed by atoms with Gasteiger partial charge in [-0.2, -0.15) is 0 Å². The molecule has 1 aromatic rings. The molecule has 1 amide bonds. The molecule has 22 heavy (non-hydrogen) atoms. The molecular weight excluding hydrogens is 274 g/mol. The summed E-state index contributed by atoms with van der Waals surface area (Å²) in [4.78, 5) is 11.8. The van der Waals surface area contributed by atoms with Crippen molar-refractivity contribution in [3.63, 3.8) is 0 Å². The number of rotatable bonds is 8. The summed E-state index contributed by atoms with van der Waals surface area (Å²) in [6.07, 6.45) is 7.64. The van der Waals surface area contributed by atoms with Crippen molar-refractivity contribution < 1.29 is 9.53 Å². The first-order valence-corrected chi connectivity index (χ1v) is 8.66. The Morgan fingerprint density at radius 1 is 1.32 bits per heavy atom. The summed E-state index contributed by atoms with van der Waals surface area (Å²) in [5.74, 6) is 1.72. The highest BCUT2D eigenvalue weighted by molar-refractivity contribution is 5.76.